The molecule has 1 amide bonds. The molecule has 0 spiro atoms. The van der Waals surface area contributed by atoms with Crippen molar-refractivity contribution < 1.29 is 33.6 Å². The third-order valence-electron chi connectivity index (χ3n) is 6.24. The van der Waals surface area contributed by atoms with Gasteiger partial charge < -0.3 is 29.6 Å². The van der Waals surface area contributed by atoms with Gasteiger partial charge in [0.2, 0.25) is 5.91 Å². The van der Waals surface area contributed by atoms with Crippen LogP contribution < -0.4 is 10.2 Å². The number of aliphatic hydroxyl groups excluding tert-OH is 1. The molecule has 0 aliphatic rings. The first kappa shape index (κ1) is 35.7. The number of carbonyl (C=O) groups is 1. The van der Waals surface area contributed by atoms with Crippen LogP contribution in [0.15, 0.2) is 0 Å². The van der Waals surface area contributed by atoms with Gasteiger partial charge in [-0.15, -0.1) is 0 Å². The second-order valence-corrected chi connectivity index (χ2v) is 10.9. The van der Waals surface area contributed by atoms with Gasteiger partial charge in [0, 0.05) is 12.8 Å². The lowest BCUT2D eigenvalue weighted by molar-refractivity contribution is -0.917. The lowest BCUT2D eigenvalue weighted by Gasteiger charge is -2.37. The minimum atomic E-state index is -4.89. The van der Waals surface area contributed by atoms with Crippen molar-refractivity contribution in [3.05, 3.63) is 0 Å². The molecule has 0 aromatic carbocycles. The molecule has 206 valence electrons. The summed E-state index contributed by atoms with van der Waals surface area (Å²) < 4.78 is 9.41. The van der Waals surface area contributed by atoms with Crippen LogP contribution in [-0.2, 0) is 9.36 Å². The van der Waals surface area contributed by atoms with Crippen molar-refractivity contribution in [3.63, 3.8) is 0 Å². The Balaban J connectivity index is 0. The van der Waals surface area contributed by atoms with E-state index in [1.54, 1.807) is 0 Å². The monoisotopic (exact) mass is 510 g/mol. The van der Waals surface area contributed by atoms with Gasteiger partial charge in [-0.3, -0.25) is 9.36 Å². The first-order chi connectivity index (χ1) is 16.0. The fourth-order valence-electron chi connectivity index (χ4n) is 4.10. The Morgan fingerprint density at radius 2 is 1.18 bits per heavy atom. The van der Waals surface area contributed by atoms with Gasteiger partial charge in [0.15, 0.2) is 6.17 Å². The van der Waals surface area contributed by atoms with E-state index in [0.29, 0.717) is 17.4 Å². The standard InChI is InChI=1S/C25H52N2O2.H3O4P/c1-5-7-8-9-10-11-12-13-14-15-16-17-18-19-20-21-25(29)26-24(6-2)27(3,4)22-23-28;1-5(2,3)4/h24,28H,5-23H2,1-4H3;(H3,1,2,3,4). The van der Waals surface area contributed by atoms with Crippen molar-refractivity contribution in [1.82, 2.24) is 5.32 Å². The number of amides is 1. The summed E-state index contributed by atoms with van der Waals surface area (Å²) in [5.74, 6) is 0.163. The molecule has 0 heterocycles. The third kappa shape index (κ3) is 27.7. The molecule has 0 aliphatic carbocycles. The molecule has 0 radical (unpaired) electrons. The van der Waals surface area contributed by atoms with Crippen LogP contribution in [0.25, 0.3) is 0 Å². The molecule has 0 fully saturated rings. The van der Waals surface area contributed by atoms with E-state index in [1.165, 1.54) is 83.5 Å². The molecule has 34 heavy (non-hydrogen) atoms. The first-order valence-corrected chi connectivity index (χ1v) is 15.0. The van der Waals surface area contributed by atoms with Crippen molar-refractivity contribution in [3.8, 4) is 0 Å². The molecule has 4 N–H and O–H groups in total. The van der Waals surface area contributed by atoms with Crippen LogP contribution in [0.2, 0.25) is 0 Å². The Kier molecular flexibility index (Phi) is 24.1. The normalized spacial score (nSPS) is 12.7. The van der Waals surface area contributed by atoms with Crippen LogP contribution in [-0.4, -0.2) is 58.7 Å². The molecule has 0 rings (SSSR count). The fraction of sp³-hybridized carbons (Fsp3) is 0.960. The van der Waals surface area contributed by atoms with E-state index >= 15 is 0 Å². The number of rotatable bonds is 21. The van der Waals surface area contributed by atoms with Gasteiger partial charge in [0.1, 0.15) is 6.54 Å². The van der Waals surface area contributed by atoms with E-state index in [0.717, 1.165) is 19.3 Å². The smallest absolute Gasteiger partial charge is 0.262 e. The SMILES string of the molecule is CCCCCCCCCCCCCCCCCC(=O)NC(CC)[N+](C)(C)CCO.O=P([O-])(O)O. The van der Waals surface area contributed by atoms with Crippen molar-refractivity contribution >= 4 is 13.7 Å². The van der Waals surface area contributed by atoms with Crippen molar-refractivity contribution in [2.75, 3.05) is 27.2 Å². The van der Waals surface area contributed by atoms with E-state index in [9.17, 15) is 9.90 Å². The van der Waals surface area contributed by atoms with Gasteiger partial charge in [-0.1, -0.05) is 104 Å². The average Bonchev–Trinajstić information content (AvgIpc) is 2.73. The fourth-order valence-corrected chi connectivity index (χ4v) is 4.10. The van der Waals surface area contributed by atoms with E-state index in [-0.39, 0.29) is 18.7 Å². The van der Waals surface area contributed by atoms with Crippen LogP contribution in [0.4, 0.5) is 0 Å². The van der Waals surface area contributed by atoms with Crippen LogP contribution in [0, 0.1) is 0 Å². The summed E-state index contributed by atoms with van der Waals surface area (Å²) in [6, 6.07) is 0. The predicted octanol–water partition coefficient (Wildman–Crippen LogP) is 4.61. The maximum atomic E-state index is 12.2. The van der Waals surface area contributed by atoms with Gasteiger partial charge >= 0.3 is 0 Å². The number of nitrogens with zero attached hydrogens (tertiary/aromatic N) is 1. The van der Waals surface area contributed by atoms with Gasteiger partial charge in [-0.05, 0) is 6.42 Å². The largest absolute Gasteiger partial charge is 0.756 e. The van der Waals surface area contributed by atoms with Gasteiger partial charge in [-0.2, -0.15) is 0 Å². The van der Waals surface area contributed by atoms with Gasteiger partial charge in [-0.25, -0.2) is 0 Å². The number of nitrogens with one attached hydrogen (secondary N) is 1. The summed E-state index contributed by atoms with van der Waals surface area (Å²) >= 11 is 0. The van der Waals surface area contributed by atoms with Gasteiger partial charge in [0.25, 0.3) is 7.82 Å². The summed E-state index contributed by atoms with van der Waals surface area (Å²) in [6.45, 7) is 5.19. The molecule has 8 nitrogen and oxygen atoms in total. The van der Waals surface area contributed by atoms with Crippen LogP contribution in [0.1, 0.15) is 123 Å². The van der Waals surface area contributed by atoms with Crippen molar-refractivity contribution in [2.24, 2.45) is 0 Å². The molecular weight excluding hydrogens is 455 g/mol. The molecule has 0 bridgehead atoms. The highest BCUT2D eigenvalue weighted by molar-refractivity contribution is 7.43. The second-order valence-electron chi connectivity index (χ2n) is 9.91. The highest BCUT2D eigenvalue weighted by Gasteiger charge is 2.27. The summed E-state index contributed by atoms with van der Waals surface area (Å²) in [7, 11) is -0.753. The number of quaternary nitrogens is 1. The Morgan fingerprint density at radius 3 is 1.50 bits per heavy atom. The molecule has 0 aromatic rings. The third-order valence-corrected chi connectivity index (χ3v) is 6.24. The molecule has 0 aromatic heterocycles. The maximum absolute atomic E-state index is 12.2. The van der Waals surface area contributed by atoms with Crippen LogP contribution in [0.3, 0.4) is 0 Å². The summed E-state index contributed by atoms with van der Waals surface area (Å²) in [4.78, 5) is 35.1. The van der Waals surface area contributed by atoms with Crippen LogP contribution >= 0.6 is 7.82 Å². The lowest BCUT2D eigenvalue weighted by atomic mass is 10.0. The number of likely N-dealkylation sites (N-methyl/N-ethyl adjacent to an activating group) is 1. The molecule has 0 saturated heterocycles. The van der Waals surface area contributed by atoms with Gasteiger partial charge in [0.05, 0.1) is 20.7 Å². The van der Waals surface area contributed by atoms with Crippen molar-refractivity contribution in [2.45, 2.75) is 129 Å². The van der Waals surface area contributed by atoms with Crippen molar-refractivity contribution in [1.29, 1.82) is 0 Å². The quantitative estimate of drug-likeness (QED) is 0.0772. The highest BCUT2D eigenvalue weighted by atomic mass is 31.2. The van der Waals surface area contributed by atoms with Crippen LogP contribution in [0.5, 0.6) is 0 Å². The summed E-state index contributed by atoms with van der Waals surface area (Å²) in [5, 5.41) is 12.4. The topological polar surface area (TPSA) is 130 Å². The Morgan fingerprint density at radius 1 is 0.824 bits per heavy atom. The number of hydrogen-bond donors (Lipinski definition) is 4. The lowest BCUT2D eigenvalue weighted by Crippen LogP contribution is -2.58. The summed E-state index contributed by atoms with van der Waals surface area (Å²) in [5.41, 5.74) is 0. The average molecular weight is 511 g/mol. The Bertz CT molecular complexity index is 505. The zero-order valence-electron chi connectivity index (χ0n) is 22.5. The van der Waals surface area contributed by atoms with E-state index in [4.69, 9.17) is 19.2 Å². The van der Waals surface area contributed by atoms with E-state index in [1.807, 2.05) is 0 Å². The maximum Gasteiger partial charge on any atom is 0.262 e. The minimum absolute atomic E-state index is 0.0889. The highest BCUT2D eigenvalue weighted by Crippen LogP contribution is 2.19. The Labute approximate surface area is 209 Å². The Hall–Kier alpha value is -0.500. The minimum Gasteiger partial charge on any atom is -0.756 e. The zero-order valence-corrected chi connectivity index (χ0v) is 23.4. The first-order valence-electron chi connectivity index (χ1n) is 13.5. The molecule has 0 saturated carbocycles. The molecule has 1 unspecified atom stereocenters. The zero-order chi connectivity index (χ0) is 26.3. The summed E-state index contributed by atoms with van der Waals surface area (Å²) in [6.07, 6.45) is 21.8. The number of hydrogen-bond acceptors (Lipinski definition) is 4. The number of carbonyl (C=O) groups excluding carboxylic acids is 1. The molecular formula is C25H55N2O6P. The second kappa shape index (κ2) is 22.9. The number of unbranched alkanes of at least 4 members (excludes halogenated alkanes) is 14. The number of aliphatic hydroxyl groups is 1. The number of phosphoric acid groups is 1. The molecule has 9 heteroatoms. The van der Waals surface area contributed by atoms with E-state index < -0.39 is 7.82 Å². The molecule has 1 atom stereocenters. The molecule has 0 aliphatic heterocycles. The van der Waals surface area contributed by atoms with E-state index in [2.05, 4.69) is 33.3 Å². The predicted molar refractivity (Wildman–Crippen MR) is 138 cm³/mol.